The first-order valence-electron chi connectivity index (χ1n) is 5.92. The predicted molar refractivity (Wildman–Crippen MR) is 76.3 cm³/mol. The van der Waals surface area contributed by atoms with Crippen LogP contribution in [0.2, 0.25) is 10.0 Å². The molecule has 4 nitrogen and oxygen atoms in total. The molecule has 1 heterocycles. The lowest BCUT2D eigenvalue weighted by atomic mass is 10.2. The maximum absolute atomic E-state index is 13.6. The summed E-state index contributed by atoms with van der Waals surface area (Å²) in [5, 5.41) is 3.81. The molecule has 0 aliphatic heterocycles. The van der Waals surface area contributed by atoms with Crippen molar-refractivity contribution in [3.05, 3.63) is 62.0 Å². The molecule has 8 heteroatoms. The molecule has 0 spiro atoms. The summed E-state index contributed by atoms with van der Waals surface area (Å²) in [6.07, 6.45) is 1.26. The van der Waals surface area contributed by atoms with Crippen molar-refractivity contribution >= 4 is 23.2 Å². The fourth-order valence-electron chi connectivity index (χ4n) is 1.77. The van der Waals surface area contributed by atoms with Crippen LogP contribution in [-0.4, -0.2) is 21.7 Å². The smallest absolute Gasteiger partial charge is 0.283 e. The van der Waals surface area contributed by atoms with Crippen LogP contribution in [0.15, 0.2) is 29.2 Å². The summed E-state index contributed by atoms with van der Waals surface area (Å²) in [5.41, 5.74) is -0.220. The largest absolute Gasteiger partial charge is 0.288 e. The van der Waals surface area contributed by atoms with E-state index in [9.17, 15) is 13.6 Å². The van der Waals surface area contributed by atoms with Gasteiger partial charge in [-0.1, -0.05) is 29.3 Å². The zero-order valence-corrected chi connectivity index (χ0v) is 12.5. The molecule has 0 aliphatic carbocycles. The van der Waals surface area contributed by atoms with Gasteiger partial charge < -0.3 is 0 Å². The van der Waals surface area contributed by atoms with E-state index in [0.29, 0.717) is 5.56 Å². The van der Waals surface area contributed by atoms with Crippen LogP contribution in [0.1, 0.15) is 5.56 Å². The topological polar surface area (TPSA) is 38.1 Å². The molecule has 0 bridgehead atoms. The number of benzene rings is 1. The molecule has 0 radical (unpaired) electrons. The van der Waals surface area contributed by atoms with Gasteiger partial charge in [-0.25, -0.2) is 13.5 Å². The molecule has 0 unspecified atom stereocenters. The quantitative estimate of drug-likeness (QED) is 0.863. The molecule has 0 fully saturated rings. The van der Waals surface area contributed by atoms with Crippen molar-refractivity contribution in [3.8, 4) is 0 Å². The summed E-state index contributed by atoms with van der Waals surface area (Å²) >= 11 is 11.4. The molecular weight excluding hydrogens is 323 g/mol. The maximum Gasteiger partial charge on any atom is 0.288 e. The summed E-state index contributed by atoms with van der Waals surface area (Å²) in [5.74, 6) is -1.28. The van der Waals surface area contributed by atoms with Crippen molar-refractivity contribution in [3.63, 3.8) is 0 Å². The lowest BCUT2D eigenvalue weighted by Crippen LogP contribution is -2.31. The Labute approximate surface area is 129 Å². The van der Waals surface area contributed by atoms with Crippen LogP contribution < -0.4 is 5.56 Å². The molecule has 0 N–H and O–H groups in total. The molecule has 1 aromatic heterocycles. The lowest BCUT2D eigenvalue weighted by Gasteiger charge is -2.17. The van der Waals surface area contributed by atoms with E-state index < -0.39 is 17.2 Å². The number of rotatable bonds is 4. The maximum atomic E-state index is 13.6. The zero-order chi connectivity index (χ0) is 15.6. The first kappa shape index (κ1) is 15.9. The second kappa shape index (κ2) is 6.51. The molecule has 21 heavy (non-hydrogen) atoms. The zero-order valence-electron chi connectivity index (χ0n) is 11.0. The average Bonchev–Trinajstić information content (AvgIpc) is 2.43. The van der Waals surface area contributed by atoms with E-state index in [0.717, 1.165) is 10.7 Å². The Morgan fingerprint density at radius 1 is 1.33 bits per heavy atom. The minimum absolute atomic E-state index is 0.0742. The van der Waals surface area contributed by atoms with Gasteiger partial charge in [0.25, 0.3) is 5.56 Å². The first-order valence-corrected chi connectivity index (χ1v) is 6.67. The van der Waals surface area contributed by atoms with E-state index in [1.165, 1.54) is 18.3 Å². The van der Waals surface area contributed by atoms with Crippen molar-refractivity contribution in [2.45, 2.75) is 13.2 Å². The van der Waals surface area contributed by atoms with E-state index in [1.54, 1.807) is 11.9 Å². The van der Waals surface area contributed by atoms with Crippen molar-refractivity contribution in [1.29, 1.82) is 0 Å². The molecule has 0 aliphatic rings. The van der Waals surface area contributed by atoms with Gasteiger partial charge in [-0.3, -0.25) is 9.69 Å². The van der Waals surface area contributed by atoms with Crippen molar-refractivity contribution < 1.29 is 8.78 Å². The fraction of sp³-hybridized carbons (Fsp3) is 0.231. The van der Waals surface area contributed by atoms with Crippen LogP contribution in [0.4, 0.5) is 8.78 Å². The molecule has 0 saturated heterocycles. The van der Waals surface area contributed by atoms with Gasteiger partial charge in [-0.05, 0) is 13.1 Å². The normalized spacial score (nSPS) is 11.1. The highest BCUT2D eigenvalue weighted by Gasteiger charge is 2.11. The minimum atomic E-state index is -0.642. The number of halogens is 4. The fourth-order valence-corrected chi connectivity index (χ4v) is 2.04. The summed E-state index contributed by atoms with van der Waals surface area (Å²) in [6, 6.07) is 3.34. The minimum Gasteiger partial charge on any atom is -0.283 e. The summed E-state index contributed by atoms with van der Waals surface area (Å²) in [6.45, 7) is 0.271. The molecule has 0 amide bonds. The third-order valence-corrected chi connectivity index (χ3v) is 3.52. The molecule has 2 aromatic rings. The summed E-state index contributed by atoms with van der Waals surface area (Å²) < 4.78 is 27.5. The number of aromatic nitrogens is 2. The van der Waals surface area contributed by atoms with Gasteiger partial charge in [0.05, 0.1) is 17.9 Å². The summed E-state index contributed by atoms with van der Waals surface area (Å²) in [4.78, 5) is 13.5. The van der Waals surface area contributed by atoms with Gasteiger partial charge in [0.1, 0.15) is 16.7 Å². The Morgan fingerprint density at radius 2 is 2.05 bits per heavy atom. The Balaban J connectivity index is 2.13. The SMILES string of the molecule is CN(Cc1ccc(F)cc1F)Cn1ncc(Cl)c(Cl)c1=O. The number of nitrogens with zero attached hydrogens (tertiary/aromatic N) is 3. The molecular formula is C13H11Cl2F2N3O. The highest BCUT2D eigenvalue weighted by molar-refractivity contribution is 6.41. The van der Waals surface area contributed by atoms with Crippen LogP contribution in [0.3, 0.4) is 0 Å². The molecule has 0 saturated carbocycles. The van der Waals surface area contributed by atoms with Gasteiger partial charge in [-0.15, -0.1) is 0 Å². The number of hydrogen-bond donors (Lipinski definition) is 0. The van der Waals surface area contributed by atoms with Gasteiger partial charge in [0, 0.05) is 18.2 Å². The van der Waals surface area contributed by atoms with Gasteiger partial charge in [0.15, 0.2) is 0 Å². The molecule has 1 aromatic carbocycles. The van der Waals surface area contributed by atoms with Crippen LogP contribution in [0, 0.1) is 11.6 Å². The van der Waals surface area contributed by atoms with Crippen LogP contribution in [0.25, 0.3) is 0 Å². The van der Waals surface area contributed by atoms with E-state index >= 15 is 0 Å². The van der Waals surface area contributed by atoms with Gasteiger partial charge in [-0.2, -0.15) is 5.10 Å². The third kappa shape index (κ3) is 3.78. The van der Waals surface area contributed by atoms with E-state index in [-0.39, 0.29) is 23.3 Å². The molecule has 0 atom stereocenters. The van der Waals surface area contributed by atoms with Crippen molar-refractivity contribution in [2.75, 3.05) is 7.05 Å². The predicted octanol–water partition coefficient (Wildman–Crippen LogP) is 2.92. The van der Waals surface area contributed by atoms with Gasteiger partial charge in [0.2, 0.25) is 0 Å². The highest BCUT2D eigenvalue weighted by atomic mass is 35.5. The Hall–Kier alpha value is -1.50. The van der Waals surface area contributed by atoms with E-state index in [1.807, 2.05) is 0 Å². The first-order chi connectivity index (χ1) is 9.88. The highest BCUT2D eigenvalue weighted by Crippen LogP contribution is 2.15. The number of hydrogen-bond acceptors (Lipinski definition) is 3. The van der Waals surface area contributed by atoms with Gasteiger partial charge >= 0.3 is 0 Å². The van der Waals surface area contributed by atoms with Crippen molar-refractivity contribution in [1.82, 2.24) is 14.7 Å². The summed E-state index contributed by atoms with van der Waals surface area (Å²) in [7, 11) is 1.67. The van der Waals surface area contributed by atoms with Crippen molar-refractivity contribution in [2.24, 2.45) is 0 Å². The second-order valence-corrected chi connectivity index (χ2v) is 5.29. The van der Waals surface area contributed by atoms with Crippen LogP contribution in [0.5, 0.6) is 0 Å². The Morgan fingerprint density at radius 3 is 2.71 bits per heavy atom. The molecule has 112 valence electrons. The van der Waals surface area contributed by atoms with E-state index in [2.05, 4.69) is 5.10 Å². The Bertz CT molecular complexity index is 721. The third-order valence-electron chi connectivity index (χ3n) is 2.77. The van der Waals surface area contributed by atoms with Crippen LogP contribution >= 0.6 is 23.2 Å². The lowest BCUT2D eigenvalue weighted by molar-refractivity contribution is 0.237. The monoisotopic (exact) mass is 333 g/mol. The average molecular weight is 334 g/mol. The van der Waals surface area contributed by atoms with E-state index in [4.69, 9.17) is 23.2 Å². The Kier molecular flexibility index (Phi) is 4.92. The molecule has 2 rings (SSSR count). The second-order valence-electron chi connectivity index (χ2n) is 4.50. The standard InChI is InChI=1S/C13H11Cl2F2N3O/c1-19(6-8-2-3-9(16)4-11(8)17)7-20-13(21)12(15)10(14)5-18-20/h2-5H,6-7H2,1H3. The van der Waals surface area contributed by atoms with Crippen LogP contribution in [-0.2, 0) is 13.2 Å².